The molecule has 3 aromatic rings. The van der Waals surface area contributed by atoms with Crippen LogP contribution < -0.4 is 5.32 Å². The van der Waals surface area contributed by atoms with Gasteiger partial charge in [0.2, 0.25) is 0 Å². The van der Waals surface area contributed by atoms with Crippen LogP contribution in [0, 0.1) is 0 Å². The Hall–Kier alpha value is -2.68. The molecule has 1 aromatic heterocycles. The molecular weight excluding hydrogens is 260 g/mol. The van der Waals surface area contributed by atoms with Crippen LogP contribution in [0.4, 0.5) is 5.69 Å². The molecular formula is C18H16N2O. The zero-order chi connectivity index (χ0) is 14.7. The number of amides is 1. The van der Waals surface area contributed by atoms with Crippen molar-refractivity contribution in [1.29, 1.82) is 0 Å². The molecule has 0 unspecified atom stereocenters. The van der Waals surface area contributed by atoms with Crippen LogP contribution in [0.25, 0.3) is 10.9 Å². The summed E-state index contributed by atoms with van der Waals surface area (Å²) in [6.45, 7) is 2.09. The average molecular weight is 276 g/mol. The molecule has 104 valence electrons. The van der Waals surface area contributed by atoms with Crippen LogP contribution in [0.3, 0.4) is 0 Å². The largest absolute Gasteiger partial charge is 0.322 e. The Kier molecular flexibility index (Phi) is 3.65. The summed E-state index contributed by atoms with van der Waals surface area (Å²) in [6.07, 6.45) is 2.70. The molecule has 0 fully saturated rings. The van der Waals surface area contributed by atoms with Gasteiger partial charge < -0.3 is 5.32 Å². The summed E-state index contributed by atoms with van der Waals surface area (Å²) in [4.78, 5) is 16.6. The lowest BCUT2D eigenvalue weighted by atomic mass is 10.1. The van der Waals surface area contributed by atoms with E-state index < -0.39 is 0 Å². The number of anilines is 1. The van der Waals surface area contributed by atoms with Gasteiger partial charge in [0.1, 0.15) is 0 Å². The van der Waals surface area contributed by atoms with Gasteiger partial charge in [0.15, 0.2) is 0 Å². The summed E-state index contributed by atoms with van der Waals surface area (Å²) in [5.41, 5.74) is 3.56. The smallest absolute Gasteiger partial charge is 0.255 e. The molecule has 21 heavy (non-hydrogen) atoms. The first-order valence-electron chi connectivity index (χ1n) is 7.01. The topological polar surface area (TPSA) is 42.0 Å². The highest BCUT2D eigenvalue weighted by molar-refractivity contribution is 6.06. The Labute approximate surface area is 123 Å². The van der Waals surface area contributed by atoms with E-state index in [2.05, 4.69) is 23.3 Å². The number of hydrogen-bond acceptors (Lipinski definition) is 2. The summed E-state index contributed by atoms with van der Waals surface area (Å²) in [6, 6.07) is 17.3. The van der Waals surface area contributed by atoms with E-state index in [4.69, 9.17) is 0 Å². The Balaban J connectivity index is 1.86. The first-order valence-corrected chi connectivity index (χ1v) is 7.01. The fourth-order valence-corrected chi connectivity index (χ4v) is 2.29. The molecule has 1 amide bonds. The van der Waals surface area contributed by atoms with Crippen LogP contribution in [0.5, 0.6) is 0 Å². The monoisotopic (exact) mass is 276 g/mol. The van der Waals surface area contributed by atoms with E-state index in [0.29, 0.717) is 5.56 Å². The van der Waals surface area contributed by atoms with E-state index in [-0.39, 0.29) is 5.91 Å². The van der Waals surface area contributed by atoms with Gasteiger partial charge >= 0.3 is 0 Å². The first kappa shape index (κ1) is 13.3. The van der Waals surface area contributed by atoms with Gasteiger partial charge in [0, 0.05) is 22.8 Å². The van der Waals surface area contributed by atoms with Crippen molar-refractivity contribution in [3.8, 4) is 0 Å². The van der Waals surface area contributed by atoms with Gasteiger partial charge in [0.05, 0.1) is 5.52 Å². The highest BCUT2D eigenvalue weighted by Gasteiger charge is 2.07. The summed E-state index contributed by atoms with van der Waals surface area (Å²) in [7, 11) is 0. The van der Waals surface area contributed by atoms with Crippen LogP contribution >= 0.6 is 0 Å². The van der Waals surface area contributed by atoms with Gasteiger partial charge in [-0.2, -0.15) is 0 Å². The van der Waals surface area contributed by atoms with Crippen LogP contribution in [0.2, 0.25) is 0 Å². The van der Waals surface area contributed by atoms with Crippen molar-refractivity contribution < 1.29 is 4.79 Å². The van der Waals surface area contributed by atoms with Crippen LogP contribution in [-0.4, -0.2) is 10.9 Å². The Morgan fingerprint density at radius 3 is 2.86 bits per heavy atom. The Bertz CT molecular complexity index is 796. The zero-order valence-electron chi connectivity index (χ0n) is 11.8. The number of hydrogen-bond donors (Lipinski definition) is 1. The third-order valence-electron chi connectivity index (χ3n) is 3.46. The van der Waals surface area contributed by atoms with Gasteiger partial charge in [-0.3, -0.25) is 9.78 Å². The minimum Gasteiger partial charge on any atom is -0.322 e. The van der Waals surface area contributed by atoms with Gasteiger partial charge in [-0.05, 0) is 48.4 Å². The number of fused-ring (bicyclic) bond motifs is 1. The molecule has 3 nitrogen and oxygen atoms in total. The van der Waals surface area contributed by atoms with Crippen molar-refractivity contribution in [2.45, 2.75) is 13.3 Å². The minimum atomic E-state index is -0.103. The lowest BCUT2D eigenvalue weighted by Crippen LogP contribution is -2.11. The molecule has 2 aromatic carbocycles. The molecule has 0 spiro atoms. The first-order chi connectivity index (χ1) is 10.3. The maximum atomic E-state index is 12.3. The fourth-order valence-electron chi connectivity index (χ4n) is 2.29. The van der Waals surface area contributed by atoms with Crippen molar-refractivity contribution >= 4 is 22.5 Å². The molecule has 0 saturated carbocycles. The molecule has 1 N–H and O–H groups in total. The molecule has 0 aliphatic heterocycles. The summed E-state index contributed by atoms with van der Waals surface area (Å²) in [5, 5.41) is 3.90. The molecule has 0 atom stereocenters. The van der Waals surface area contributed by atoms with Crippen molar-refractivity contribution in [2.24, 2.45) is 0 Å². The second-order valence-corrected chi connectivity index (χ2v) is 4.92. The normalized spacial score (nSPS) is 10.5. The second kappa shape index (κ2) is 5.75. The molecule has 3 rings (SSSR count). The van der Waals surface area contributed by atoms with E-state index >= 15 is 0 Å². The third-order valence-corrected chi connectivity index (χ3v) is 3.46. The lowest BCUT2D eigenvalue weighted by Gasteiger charge is -2.07. The molecule has 3 heteroatoms. The maximum absolute atomic E-state index is 12.3. The van der Waals surface area contributed by atoms with Crippen molar-refractivity contribution in [1.82, 2.24) is 4.98 Å². The molecule has 0 bridgehead atoms. The number of nitrogens with zero attached hydrogens (tertiary/aromatic N) is 1. The van der Waals surface area contributed by atoms with E-state index in [1.807, 2.05) is 42.5 Å². The Morgan fingerprint density at radius 2 is 2.00 bits per heavy atom. The van der Waals surface area contributed by atoms with Crippen LogP contribution in [-0.2, 0) is 6.42 Å². The number of benzene rings is 2. The standard InChI is InChI=1S/C18H16N2O/c1-2-13-5-3-7-16(11-13)20-18(21)15-8-9-17-14(12-15)6-4-10-19-17/h3-12H,2H2,1H3,(H,20,21). The van der Waals surface area contributed by atoms with Crippen molar-refractivity contribution in [3.63, 3.8) is 0 Å². The predicted molar refractivity (Wildman–Crippen MR) is 85.5 cm³/mol. The number of pyridine rings is 1. The van der Waals surface area contributed by atoms with Crippen molar-refractivity contribution in [3.05, 3.63) is 71.9 Å². The molecule has 1 heterocycles. The summed E-state index contributed by atoms with van der Waals surface area (Å²) < 4.78 is 0. The van der Waals surface area contributed by atoms with Crippen LogP contribution in [0.1, 0.15) is 22.8 Å². The predicted octanol–water partition coefficient (Wildman–Crippen LogP) is 4.05. The number of rotatable bonds is 3. The number of aromatic nitrogens is 1. The van der Waals surface area contributed by atoms with Gasteiger partial charge in [-0.1, -0.05) is 25.1 Å². The fraction of sp³-hybridized carbons (Fsp3) is 0.111. The van der Waals surface area contributed by atoms with E-state index in [1.165, 1.54) is 5.56 Å². The van der Waals surface area contributed by atoms with Gasteiger partial charge in [-0.15, -0.1) is 0 Å². The van der Waals surface area contributed by atoms with Crippen molar-refractivity contribution in [2.75, 3.05) is 5.32 Å². The summed E-state index contributed by atoms with van der Waals surface area (Å²) in [5.74, 6) is -0.103. The number of aryl methyl sites for hydroxylation is 1. The molecule has 0 aliphatic rings. The van der Waals surface area contributed by atoms with E-state index in [0.717, 1.165) is 23.0 Å². The molecule has 0 radical (unpaired) electrons. The Morgan fingerprint density at radius 1 is 1.10 bits per heavy atom. The number of carbonyl (C=O) groups is 1. The molecule has 0 saturated heterocycles. The SMILES string of the molecule is CCc1cccc(NC(=O)c2ccc3ncccc3c2)c1. The van der Waals surface area contributed by atoms with Gasteiger partial charge in [-0.25, -0.2) is 0 Å². The minimum absolute atomic E-state index is 0.103. The average Bonchev–Trinajstić information content (AvgIpc) is 2.54. The lowest BCUT2D eigenvalue weighted by molar-refractivity contribution is 0.102. The van der Waals surface area contributed by atoms with E-state index in [9.17, 15) is 4.79 Å². The van der Waals surface area contributed by atoms with Gasteiger partial charge in [0.25, 0.3) is 5.91 Å². The van der Waals surface area contributed by atoms with E-state index in [1.54, 1.807) is 12.3 Å². The number of nitrogens with one attached hydrogen (secondary N) is 1. The second-order valence-electron chi connectivity index (χ2n) is 4.92. The third kappa shape index (κ3) is 2.92. The molecule has 0 aliphatic carbocycles. The highest BCUT2D eigenvalue weighted by Crippen LogP contribution is 2.16. The quantitative estimate of drug-likeness (QED) is 0.784. The zero-order valence-corrected chi connectivity index (χ0v) is 11.8. The maximum Gasteiger partial charge on any atom is 0.255 e. The number of carbonyl (C=O) groups excluding carboxylic acids is 1. The summed E-state index contributed by atoms with van der Waals surface area (Å²) >= 11 is 0. The van der Waals surface area contributed by atoms with Crippen LogP contribution in [0.15, 0.2) is 60.8 Å². The highest BCUT2D eigenvalue weighted by atomic mass is 16.1.